The van der Waals surface area contributed by atoms with E-state index >= 15 is 0 Å². The molecule has 1 atom stereocenters. The molecule has 0 aliphatic carbocycles. The van der Waals surface area contributed by atoms with Crippen molar-refractivity contribution in [2.75, 3.05) is 34.4 Å². The molecule has 2 aromatic carbocycles. The van der Waals surface area contributed by atoms with Crippen LogP contribution in [0.25, 0.3) is 0 Å². The SMILES string of the molecule is CN=C(NCCOCc1ccccc1)NC(C)c1cc(OC)ccc1OC. The Morgan fingerprint density at radius 2 is 1.85 bits per heavy atom. The molecule has 0 aliphatic heterocycles. The number of aliphatic imine (C=N–C) groups is 1. The van der Waals surface area contributed by atoms with Gasteiger partial charge in [-0.05, 0) is 30.7 Å². The molecule has 0 aromatic heterocycles. The van der Waals surface area contributed by atoms with E-state index in [2.05, 4.69) is 34.7 Å². The lowest BCUT2D eigenvalue weighted by atomic mass is 10.1. The first-order valence-electron chi connectivity index (χ1n) is 8.98. The average molecular weight is 371 g/mol. The van der Waals surface area contributed by atoms with Crippen molar-refractivity contribution in [2.24, 2.45) is 4.99 Å². The van der Waals surface area contributed by atoms with E-state index in [0.29, 0.717) is 25.7 Å². The molecule has 1 unspecified atom stereocenters. The minimum absolute atomic E-state index is 0.00788. The fourth-order valence-electron chi connectivity index (χ4n) is 2.66. The van der Waals surface area contributed by atoms with Crippen molar-refractivity contribution < 1.29 is 14.2 Å². The molecule has 2 rings (SSSR count). The van der Waals surface area contributed by atoms with E-state index in [4.69, 9.17) is 14.2 Å². The zero-order valence-electron chi connectivity index (χ0n) is 16.5. The van der Waals surface area contributed by atoms with Gasteiger partial charge >= 0.3 is 0 Å². The third-order valence-corrected chi connectivity index (χ3v) is 4.13. The number of rotatable bonds is 9. The highest BCUT2D eigenvalue weighted by atomic mass is 16.5. The predicted octanol–water partition coefficient (Wildman–Crippen LogP) is 3.15. The third-order valence-electron chi connectivity index (χ3n) is 4.13. The first-order chi connectivity index (χ1) is 13.2. The largest absolute Gasteiger partial charge is 0.497 e. The van der Waals surface area contributed by atoms with Crippen LogP contribution in [-0.4, -0.2) is 40.4 Å². The maximum atomic E-state index is 5.69. The molecule has 6 nitrogen and oxygen atoms in total. The molecule has 0 aliphatic rings. The van der Waals surface area contributed by atoms with E-state index in [0.717, 1.165) is 17.1 Å². The number of ether oxygens (including phenoxy) is 3. The quantitative estimate of drug-likeness (QED) is 0.403. The summed E-state index contributed by atoms with van der Waals surface area (Å²) in [4.78, 5) is 4.27. The minimum atomic E-state index is -0.00788. The van der Waals surface area contributed by atoms with Crippen molar-refractivity contribution >= 4 is 5.96 Å². The summed E-state index contributed by atoms with van der Waals surface area (Å²) in [6, 6.07) is 15.9. The van der Waals surface area contributed by atoms with Gasteiger partial charge in [0.1, 0.15) is 11.5 Å². The van der Waals surface area contributed by atoms with Crippen LogP contribution in [-0.2, 0) is 11.3 Å². The van der Waals surface area contributed by atoms with Gasteiger partial charge in [-0.3, -0.25) is 4.99 Å². The van der Waals surface area contributed by atoms with E-state index in [-0.39, 0.29) is 6.04 Å². The Labute approximate surface area is 161 Å². The van der Waals surface area contributed by atoms with Crippen LogP contribution in [0, 0.1) is 0 Å². The van der Waals surface area contributed by atoms with Crippen molar-refractivity contribution in [1.82, 2.24) is 10.6 Å². The summed E-state index contributed by atoms with van der Waals surface area (Å²) in [5.41, 5.74) is 2.17. The lowest BCUT2D eigenvalue weighted by molar-refractivity contribution is 0.125. The lowest BCUT2D eigenvalue weighted by Gasteiger charge is -2.20. The van der Waals surface area contributed by atoms with Gasteiger partial charge in [0, 0.05) is 19.2 Å². The standard InChI is InChI=1S/C21H29N3O3/c1-16(19-14-18(25-3)10-11-20(19)26-4)24-21(22-2)23-12-13-27-15-17-8-6-5-7-9-17/h5-11,14,16H,12-13,15H2,1-4H3,(H2,22,23,24). The Kier molecular flexibility index (Phi) is 8.45. The minimum Gasteiger partial charge on any atom is -0.497 e. The summed E-state index contributed by atoms with van der Waals surface area (Å²) in [7, 11) is 5.06. The number of nitrogens with one attached hydrogen (secondary N) is 2. The maximum absolute atomic E-state index is 5.69. The topological polar surface area (TPSA) is 64.1 Å². The Balaban J connectivity index is 1.82. The van der Waals surface area contributed by atoms with E-state index < -0.39 is 0 Å². The highest BCUT2D eigenvalue weighted by Gasteiger charge is 2.14. The van der Waals surface area contributed by atoms with E-state index in [9.17, 15) is 0 Å². The summed E-state index contributed by atoms with van der Waals surface area (Å²) in [6.45, 7) is 3.91. The molecule has 146 valence electrons. The smallest absolute Gasteiger partial charge is 0.191 e. The molecular formula is C21H29N3O3. The molecular weight excluding hydrogens is 342 g/mol. The number of hydrogen-bond donors (Lipinski definition) is 2. The molecule has 0 heterocycles. The van der Waals surface area contributed by atoms with Gasteiger partial charge in [0.15, 0.2) is 5.96 Å². The maximum Gasteiger partial charge on any atom is 0.191 e. The van der Waals surface area contributed by atoms with Crippen LogP contribution < -0.4 is 20.1 Å². The second kappa shape index (κ2) is 11.1. The number of benzene rings is 2. The molecule has 0 saturated heterocycles. The van der Waals surface area contributed by atoms with Crippen molar-refractivity contribution in [3.8, 4) is 11.5 Å². The Morgan fingerprint density at radius 1 is 1.07 bits per heavy atom. The molecule has 0 bridgehead atoms. The average Bonchev–Trinajstić information content (AvgIpc) is 2.72. The zero-order chi connectivity index (χ0) is 19.5. The third kappa shape index (κ3) is 6.49. The Morgan fingerprint density at radius 3 is 2.52 bits per heavy atom. The number of hydrogen-bond acceptors (Lipinski definition) is 4. The van der Waals surface area contributed by atoms with Gasteiger partial charge in [0.2, 0.25) is 0 Å². The molecule has 0 amide bonds. The Hall–Kier alpha value is -2.73. The lowest BCUT2D eigenvalue weighted by Crippen LogP contribution is -2.40. The van der Waals surface area contributed by atoms with E-state index in [1.807, 2.05) is 36.4 Å². The fraction of sp³-hybridized carbons (Fsp3) is 0.381. The first kappa shape index (κ1) is 20.6. The van der Waals surface area contributed by atoms with Gasteiger partial charge in [0.25, 0.3) is 0 Å². The molecule has 0 saturated carbocycles. The monoisotopic (exact) mass is 371 g/mol. The zero-order valence-corrected chi connectivity index (χ0v) is 16.5. The highest BCUT2D eigenvalue weighted by molar-refractivity contribution is 5.80. The molecule has 6 heteroatoms. The van der Waals surface area contributed by atoms with Gasteiger partial charge < -0.3 is 24.8 Å². The van der Waals surface area contributed by atoms with Crippen LogP contribution in [0.15, 0.2) is 53.5 Å². The number of nitrogens with zero attached hydrogens (tertiary/aromatic N) is 1. The van der Waals surface area contributed by atoms with Gasteiger partial charge in [-0.25, -0.2) is 0 Å². The van der Waals surface area contributed by atoms with Gasteiger partial charge in [-0.1, -0.05) is 30.3 Å². The van der Waals surface area contributed by atoms with Crippen molar-refractivity contribution in [3.05, 3.63) is 59.7 Å². The summed E-state index contributed by atoms with van der Waals surface area (Å²) in [5, 5.41) is 6.63. The number of guanidine groups is 1. The molecule has 0 spiro atoms. The van der Waals surface area contributed by atoms with Crippen LogP contribution in [0.3, 0.4) is 0 Å². The van der Waals surface area contributed by atoms with Crippen LogP contribution in [0.5, 0.6) is 11.5 Å². The summed E-state index contributed by atoms with van der Waals surface area (Å²) in [5.74, 6) is 2.30. The van der Waals surface area contributed by atoms with Gasteiger partial charge in [-0.2, -0.15) is 0 Å². The van der Waals surface area contributed by atoms with Crippen LogP contribution in [0.4, 0.5) is 0 Å². The summed E-state index contributed by atoms with van der Waals surface area (Å²) >= 11 is 0. The van der Waals surface area contributed by atoms with Gasteiger partial charge in [0.05, 0.1) is 33.5 Å². The second-order valence-corrected chi connectivity index (χ2v) is 6.01. The van der Waals surface area contributed by atoms with Crippen molar-refractivity contribution in [3.63, 3.8) is 0 Å². The molecule has 0 fully saturated rings. The highest BCUT2D eigenvalue weighted by Crippen LogP contribution is 2.29. The Bertz CT molecular complexity index is 720. The molecule has 2 aromatic rings. The fourth-order valence-corrected chi connectivity index (χ4v) is 2.66. The first-order valence-corrected chi connectivity index (χ1v) is 8.98. The van der Waals surface area contributed by atoms with Gasteiger partial charge in [-0.15, -0.1) is 0 Å². The molecule has 0 radical (unpaired) electrons. The second-order valence-electron chi connectivity index (χ2n) is 6.01. The van der Waals surface area contributed by atoms with Crippen LogP contribution >= 0.6 is 0 Å². The summed E-state index contributed by atoms with van der Waals surface area (Å²) in [6.07, 6.45) is 0. The number of methoxy groups -OCH3 is 2. The van der Waals surface area contributed by atoms with Crippen LogP contribution in [0.2, 0.25) is 0 Å². The molecule has 27 heavy (non-hydrogen) atoms. The van der Waals surface area contributed by atoms with Crippen molar-refractivity contribution in [1.29, 1.82) is 0 Å². The van der Waals surface area contributed by atoms with E-state index in [1.54, 1.807) is 21.3 Å². The predicted molar refractivity (Wildman–Crippen MR) is 109 cm³/mol. The normalized spacial score (nSPS) is 12.4. The van der Waals surface area contributed by atoms with Crippen molar-refractivity contribution in [2.45, 2.75) is 19.6 Å². The molecule has 2 N–H and O–H groups in total. The summed E-state index contributed by atoms with van der Waals surface area (Å²) < 4.78 is 16.5. The van der Waals surface area contributed by atoms with Crippen LogP contribution in [0.1, 0.15) is 24.1 Å². The van der Waals surface area contributed by atoms with E-state index in [1.165, 1.54) is 5.56 Å².